The molecule has 1 aliphatic heterocycles. The van der Waals surface area contributed by atoms with Crippen LogP contribution in [0.3, 0.4) is 0 Å². The van der Waals surface area contributed by atoms with E-state index in [0.29, 0.717) is 12.3 Å². The van der Waals surface area contributed by atoms with E-state index in [1.807, 2.05) is 11.4 Å². The number of carboxylic acids is 1. The normalized spacial score (nSPS) is 18.1. The van der Waals surface area contributed by atoms with E-state index < -0.39 is 5.97 Å². The number of carbonyl (C=O) groups is 1. The molecule has 2 aromatic rings. The number of anilines is 1. The molecule has 1 aliphatic rings. The number of aliphatic carboxylic acids is 1. The van der Waals surface area contributed by atoms with E-state index in [1.54, 1.807) is 11.3 Å². The number of aryl methyl sites for hydroxylation is 1. The van der Waals surface area contributed by atoms with E-state index >= 15 is 0 Å². The van der Waals surface area contributed by atoms with Crippen LogP contribution in [0.25, 0.3) is 0 Å². The van der Waals surface area contributed by atoms with Gasteiger partial charge >= 0.3 is 5.97 Å². The topological polar surface area (TPSA) is 53.4 Å². The van der Waals surface area contributed by atoms with Crippen LogP contribution in [0.15, 0.2) is 35.7 Å². The highest BCUT2D eigenvalue weighted by atomic mass is 32.1. The average molecular weight is 302 g/mol. The van der Waals surface area contributed by atoms with Gasteiger partial charge < -0.3 is 10.0 Å². The Morgan fingerprint density at radius 2 is 2.19 bits per heavy atom. The fraction of sp³-hybridized carbons (Fsp3) is 0.375. The molecule has 0 spiro atoms. The maximum Gasteiger partial charge on any atom is 0.303 e. The van der Waals surface area contributed by atoms with Gasteiger partial charge in [0.2, 0.25) is 0 Å². The summed E-state index contributed by atoms with van der Waals surface area (Å²) in [6.45, 7) is 2.02. The van der Waals surface area contributed by atoms with Gasteiger partial charge in [0.25, 0.3) is 0 Å². The zero-order valence-corrected chi connectivity index (χ0v) is 12.6. The number of carboxylic acid groups (broad SMARTS) is 1. The van der Waals surface area contributed by atoms with Gasteiger partial charge in [0.15, 0.2) is 5.13 Å². The molecule has 1 N–H and O–H groups in total. The molecular formula is C16H18N2O2S. The molecule has 5 heteroatoms. The van der Waals surface area contributed by atoms with E-state index in [0.717, 1.165) is 30.3 Å². The van der Waals surface area contributed by atoms with Crippen molar-refractivity contribution in [1.82, 2.24) is 4.98 Å². The molecule has 1 aromatic carbocycles. The molecule has 0 aliphatic carbocycles. The van der Waals surface area contributed by atoms with Crippen molar-refractivity contribution in [3.8, 4) is 0 Å². The third-order valence-electron chi connectivity index (χ3n) is 3.86. The fourth-order valence-corrected chi connectivity index (χ4v) is 3.62. The number of benzene rings is 1. The lowest BCUT2D eigenvalue weighted by Crippen LogP contribution is -2.19. The number of rotatable bonds is 5. The van der Waals surface area contributed by atoms with Crippen LogP contribution in [0.5, 0.6) is 0 Å². The molecule has 1 saturated heterocycles. The predicted octanol–water partition coefficient (Wildman–Crippen LogP) is 3.15. The Hall–Kier alpha value is -1.88. The number of thiazole rings is 1. The monoisotopic (exact) mass is 302 g/mol. The van der Waals surface area contributed by atoms with Crippen LogP contribution in [-0.2, 0) is 11.2 Å². The minimum Gasteiger partial charge on any atom is -0.481 e. The van der Waals surface area contributed by atoms with Crippen LogP contribution in [0.1, 0.15) is 30.0 Å². The van der Waals surface area contributed by atoms with Gasteiger partial charge in [-0.3, -0.25) is 4.79 Å². The van der Waals surface area contributed by atoms with Crippen LogP contribution in [-0.4, -0.2) is 29.1 Å². The summed E-state index contributed by atoms with van der Waals surface area (Å²) in [4.78, 5) is 17.5. The second-order valence-electron chi connectivity index (χ2n) is 5.36. The van der Waals surface area contributed by atoms with Gasteiger partial charge in [0.05, 0.1) is 12.1 Å². The van der Waals surface area contributed by atoms with Crippen molar-refractivity contribution in [2.24, 2.45) is 0 Å². The molecule has 110 valence electrons. The highest BCUT2D eigenvalue weighted by Gasteiger charge is 2.25. The first-order chi connectivity index (χ1) is 10.2. The number of nitrogens with zero attached hydrogens (tertiary/aromatic N) is 2. The summed E-state index contributed by atoms with van der Waals surface area (Å²) in [5.74, 6) is -0.201. The second kappa shape index (κ2) is 6.26. The molecule has 21 heavy (non-hydrogen) atoms. The maximum absolute atomic E-state index is 10.6. The SMILES string of the molecule is O=C(O)CCc1csc(N2CCC(c3ccccc3)C2)n1. The van der Waals surface area contributed by atoms with Gasteiger partial charge in [-0.2, -0.15) is 0 Å². The summed E-state index contributed by atoms with van der Waals surface area (Å²) in [5.41, 5.74) is 2.28. The van der Waals surface area contributed by atoms with Gasteiger partial charge in [0, 0.05) is 30.8 Å². The average Bonchev–Trinajstić information content (AvgIpc) is 3.15. The maximum atomic E-state index is 10.6. The van der Waals surface area contributed by atoms with Crippen molar-refractivity contribution < 1.29 is 9.90 Å². The van der Waals surface area contributed by atoms with Gasteiger partial charge in [-0.05, 0) is 12.0 Å². The molecular weight excluding hydrogens is 284 g/mol. The summed E-state index contributed by atoms with van der Waals surface area (Å²) < 4.78 is 0. The van der Waals surface area contributed by atoms with Crippen molar-refractivity contribution in [1.29, 1.82) is 0 Å². The van der Waals surface area contributed by atoms with Crippen molar-refractivity contribution in [3.63, 3.8) is 0 Å². The van der Waals surface area contributed by atoms with Crippen LogP contribution in [0.4, 0.5) is 5.13 Å². The van der Waals surface area contributed by atoms with Crippen LogP contribution >= 0.6 is 11.3 Å². The molecule has 0 saturated carbocycles. The minimum absolute atomic E-state index is 0.149. The van der Waals surface area contributed by atoms with E-state index in [4.69, 9.17) is 5.11 Å². The van der Waals surface area contributed by atoms with E-state index in [9.17, 15) is 4.79 Å². The van der Waals surface area contributed by atoms with E-state index in [1.165, 1.54) is 5.56 Å². The Kier molecular flexibility index (Phi) is 4.20. The molecule has 1 fully saturated rings. The second-order valence-corrected chi connectivity index (χ2v) is 6.19. The van der Waals surface area contributed by atoms with Crippen LogP contribution in [0.2, 0.25) is 0 Å². The fourth-order valence-electron chi connectivity index (χ4n) is 2.72. The van der Waals surface area contributed by atoms with Crippen LogP contribution in [0, 0.1) is 0 Å². The Morgan fingerprint density at radius 3 is 2.95 bits per heavy atom. The highest BCUT2D eigenvalue weighted by Crippen LogP contribution is 2.32. The molecule has 1 aromatic heterocycles. The first kappa shape index (κ1) is 14.1. The summed E-state index contributed by atoms with van der Waals surface area (Å²) in [7, 11) is 0. The molecule has 1 atom stereocenters. The van der Waals surface area contributed by atoms with Crippen molar-refractivity contribution in [3.05, 3.63) is 47.0 Å². The molecule has 1 unspecified atom stereocenters. The van der Waals surface area contributed by atoms with Crippen molar-refractivity contribution in [2.45, 2.75) is 25.2 Å². The molecule has 2 heterocycles. The van der Waals surface area contributed by atoms with Crippen molar-refractivity contribution >= 4 is 22.4 Å². The third kappa shape index (κ3) is 3.42. The first-order valence-corrected chi connectivity index (χ1v) is 8.06. The lowest BCUT2D eigenvalue weighted by molar-refractivity contribution is -0.136. The predicted molar refractivity (Wildman–Crippen MR) is 84.1 cm³/mol. The van der Waals surface area contributed by atoms with Gasteiger partial charge in [-0.25, -0.2) is 4.98 Å². The number of hydrogen-bond donors (Lipinski definition) is 1. The Balaban J connectivity index is 1.62. The molecule has 0 bridgehead atoms. The zero-order chi connectivity index (χ0) is 14.7. The largest absolute Gasteiger partial charge is 0.481 e. The summed E-state index contributed by atoms with van der Waals surface area (Å²) in [5, 5.41) is 11.7. The standard InChI is InChI=1S/C16H18N2O2S/c19-15(20)7-6-14-11-21-16(17-14)18-9-8-13(10-18)12-4-2-1-3-5-12/h1-5,11,13H,6-10H2,(H,19,20). The molecule has 4 nitrogen and oxygen atoms in total. The molecule has 0 amide bonds. The smallest absolute Gasteiger partial charge is 0.303 e. The summed E-state index contributed by atoms with van der Waals surface area (Å²) in [6, 6.07) is 10.6. The zero-order valence-electron chi connectivity index (χ0n) is 11.7. The quantitative estimate of drug-likeness (QED) is 0.922. The number of hydrogen-bond acceptors (Lipinski definition) is 4. The third-order valence-corrected chi connectivity index (χ3v) is 4.81. The number of aromatic nitrogens is 1. The van der Waals surface area contributed by atoms with Gasteiger partial charge in [0.1, 0.15) is 0 Å². The Morgan fingerprint density at radius 1 is 1.38 bits per heavy atom. The molecule has 3 rings (SSSR count). The summed E-state index contributed by atoms with van der Waals surface area (Å²) in [6.07, 6.45) is 1.81. The lowest BCUT2D eigenvalue weighted by Gasteiger charge is -2.15. The highest BCUT2D eigenvalue weighted by molar-refractivity contribution is 7.13. The lowest BCUT2D eigenvalue weighted by atomic mass is 9.99. The van der Waals surface area contributed by atoms with E-state index in [-0.39, 0.29) is 6.42 Å². The Bertz CT molecular complexity index is 612. The van der Waals surface area contributed by atoms with Crippen molar-refractivity contribution in [2.75, 3.05) is 18.0 Å². The molecule has 0 radical (unpaired) electrons. The first-order valence-electron chi connectivity index (χ1n) is 7.18. The van der Waals surface area contributed by atoms with E-state index in [2.05, 4.69) is 34.1 Å². The Labute approximate surface area is 128 Å². The van der Waals surface area contributed by atoms with Gasteiger partial charge in [-0.15, -0.1) is 11.3 Å². The minimum atomic E-state index is -0.769. The summed E-state index contributed by atoms with van der Waals surface area (Å²) >= 11 is 1.62. The van der Waals surface area contributed by atoms with Crippen LogP contribution < -0.4 is 4.90 Å². The van der Waals surface area contributed by atoms with Gasteiger partial charge in [-0.1, -0.05) is 30.3 Å².